The van der Waals surface area contributed by atoms with Gasteiger partial charge in [-0.1, -0.05) is 6.42 Å². The van der Waals surface area contributed by atoms with Crippen LogP contribution in [0.15, 0.2) is 0 Å². The molecule has 0 spiro atoms. The fraction of sp³-hybridized carbons (Fsp3) is 1.00. The van der Waals surface area contributed by atoms with Gasteiger partial charge in [0.15, 0.2) is 0 Å². The van der Waals surface area contributed by atoms with Gasteiger partial charge >= 0.3 is 0 Å². The van der Waals surface area contributed by atoms with E-state index in [9.17, 15) is 25.6 Å². The standard InChI is InChI=1S/C10H19F2NO5S2/c1-8(10(11,12)9(2)20(16,17)18)19(14,15)13-6-4-3-5-7-13/h8-9H,3-7H2,1-2H3,(H,16,17,18). The quantitative estimate of drug-likeness (QED) is 0.760. The number of sulfonamides is 1. The molecule has 0 radical (unpaired) electrons. The van der Waals surface area contributed by atoms with Crippen molar-refractivity contribution in [2.45, 2.75) is 49.5 Å². The van der Waals surface area contributed by atoms with Crippen LogP contribution in [0.2, 0.25) is 0 Å². The monoisotopic (exact) mass is 335 g/mol. The first-order valence-electron chi connectivity index (χ1n) is 6.25. The van der Waals surface area contributed by atoms with E-state index in [1.807, 2.05) is 0 Å². The Morgan fingerprint density at radius 3 is 1.85 bits per heavy atom. The van der Waals surface area contributed by atoms with Crippen molar-refractivity contribution in [1.29, 1.82) is 0 Å². The minimum atomic E-state index is -5.03. The Labute approximate surface area is 117 Å². The predicted molar refractivity (Wildman–Crippen MR) is 69.8 cm³/mol. The van der Waals surface area contributed by atoms with Crippen LogP contribution in [0.25, 0.3) is 0 Å². The van der Waals surface area contributed by atoms with Crippen LogP contribution in [-0.4, -0.2) is 55.2 Å². The average Bonchev–Trinajstić information content (AvgIpc) is 2.36. The molecule has 1 rings (SSSR count). The average molecular weight is 335 g/mol. The third-order valence-electron chi connectivity index (χ3n) is 3.65. The molecule has 1 aliphatic rings. The van der Waals surface area contributed by atoms with Crippen molar-refractivity contribution in [3.05, 3.63) is 0 Å². The molecule has 0 aromatic heterocycles. The SMILES string of the molecule is CC(C(F)(F)C(C)S(=O)(=O)N1CCCCC1)S(=O)(=O)O. The molecule has 0 aromatic carbocycles. The fourth-order valence-corrected chi connectivity index (χ4v) is 4.57. The Hall–Kier alpha value is -0.320. The topological polar surface area (TPSA) is 91.8 Å². The summed E-state index contributed by atoms with van der Waals surface area (Å²) >= 11 is 0. The maximum absolute atomic E-state index is 14.0. The van der Waals surface area contributed by atoms with E-state index < -0.39 is 36.6 Å². The van der Waals surface area contributed by atoms with Crippen molar-refractivity contribution in [3.8, 4) is 0 Å². The van der Waals surface area contributed by atoms with Crippen LogP contribution in [0.3, 0.4) is 0 Å². The molecule has 1 N–H and O–H groups in total. The zero-order valence-electron chi connectivity index (χ0n) is 11.3. The number of hydrogen-bond acceptors (Lipinski definition) is 4. The summed E-state index contributed by atoms with van der Waals surface area (Å²) in [6.07, 6.45) is 2.01. The maximum atomic E-state index is 14.0. The zero-order valence-corrected chi connectivity index (χ0v) is 12.9. The minimum absolute atomic E-state index is 0.156. The van der Waals surface area contributed by atoms with E-state index in [0.717, 1.165) is 17.6 Å². The molecule has 20 heavy (non-hydrogen) atoms. The van der Waals surface area contributed by atoms with Crippen molar-refractivity contribution >= 4 is 20.1 Å². The molecule has 2 atom stereocenters. The van der Waals surface area contributed by atoms with Gasteiger partial charge in [0.1, 0.15) is 10.5 Å². The molecule has 1 heterocycles. The Morgan fingerprint density at radius 2 is 1.45 bits per heavy atom. The van der Waals surface area contributed by atoms with Crippen LogP contribution in [0, 0.1) is 0 Å². The van der Waals surface area contributed by atoms with Gasteiger partial charge in [0.05, 0.1) is 0 Å². The molecule has 0 saturated carbocycles. The van der Waals surface area contributed by atoms with Gasteiger partial charge in [0, 0.05) is 13.1 Å². The Kier molecular flexibility index (Phi) is 5.16. The summed E-state index contributed by atoms with van der Waals surface area (Å²) < 4.78 is 83.7. The lowest BCUT2D eigenvalue weighted by atomic mass is 10.2. The highest BCUT2D eigenvalue weighted by Crippen LogP contribution is 2.33. The van der Waals surface area contributed by atoms with Gasteiger partial charge in [0.2, 0.25) is 10.0 Å². The van der Waals surface area contributed by atoms with Crippen molar-refractivity contribution < 1.29 is 30.2 Å². The van der Waals surface area contributed by atoms with E-state index in [-0.39, 0.29) is 13.1 Å². The normalized spacial score (nSPS) is 22.4. The molecule has 0 aliphatic carbocycles. The molecule has 1 saturated heterocycles. The molecular formula is C10H19F2NO5S2. The molecule has 120 valence electrons. The third kappa shape index (κ3) is 3.46. The second-order valence-corrected chi connectivity index (χ2v) is 8.97. The Morgan fingerprint density at radius 1 is 1.00 bits per heavy atom. The van der Waals surface area contributed by atoms with Crippen LogP contribution in [0.1, 0.15) is 33.1 Å². The summed E-state index contributed by atoms with van der Waals surface area (Å²) in [5.41, 5.74) is 0. The third-order valence-corrected chi connectivity index (χ3v) is 7.15. The first-order valence-corrected chi connectivity index (χ1v) is 9.25. The number of rotatable bonds is 5. The van der Waals surface area contributed by atoms with Gasteiger partial charge in [-0.3, -0.25) is 4.55 Å². The molecule has 6 nitrogen and oxygen atoms in total. The van der Waals surface area contributed by atoms with Crippen molar-refractivity contribution in [2.75, 3.05) is 13.1 Å². The first-order chi connectivity index (χ1) is 8.91. The highest BCUT2D eigenvalue weighted by atomic mass is 32.2. The van der Waals surface area contributed by atoms with Gasteiger partial charge in [0.25, 0.3) is 16.0 Å². The molecule has 1 fully saturated rings. The van der Waals surface area contributed by atoms with Crippen LogP contribution >= 0.6 is 0 Å². The first kappa shape index (κ1) is 17.7. The second-order valence-electron chi connectivity index (χ2n) is 4.98. The van der Waals surface area contributed by atoms with Crippen LogP contribution in [0.4, 0.5) is 8.78 Å². The lowest BCUT2D eigenvalue weighted by molar-refractivity contribution is -0.00249. The minimum Gasteiger partial charge on any atom is -0.285 e. The Bertz CT molecular complexity index is 540. The molecule has 0 aromatic rings. The highest BCUT2D eigenvalue weighted by molar-refractivity contribution is 7.90. The molecule has 2 unspecified atom stereocenters. The summed E-state index contributed by atoms with van der Waals surface area (Å²) in [7, 11) is -9.35. The van der Waals surface area contributed by atoms with E-state index >= 15 is 0 Å². The maximum Gasteiger partial charge on any atom is 0.284 e. The largest absolute Gasteiger partial charge is 0.285 e. The fourth-order valence-electron chi connectivity index (χ4n) is 2.07. The number of halogens is 2. The molecule has 0 bridgehead atoms. The van der Waals surface area contributed by atoms with E-state index in [4.69, 9.17) is 4.55 Å². The lowest BCUT2D eigenvalue weighted by Crippen LogP contribution is -2.53. The predicted octanol–water partition coefficient (Wildman–Crippen LogP) is 1.10. The van der Waals surface area contributed by atoms with Crippen molar-refractivity contribution in [3.63, 3.8) is 0 Å². The van der Waals surface area contributed by atoms with Gasteiger partial charge in [-0.15, -0.1) is 0 Å². The smallest absolute Gasteiger partial charge is 0.284 e. The molecular weight excluding hydrogens is 316 g/mol. The van der Waals surface area contributed by atoms with Gasteiger partial charge in [-0.05, 0) is 26.7 Å². The van der Waals surface area contributed by atoms with Crippen molar-refractivity contribution in [1.82, 2.24) is 4.31 Å². The molecule has 10 heteroatoms. The van der Waals surface area contributed by atoms with E-state index in [1.165, 1.54) is 0 Å². The van der Waals surface area contributed by atoms with E-state index in [2.05, 4.69) is 0 Å². The number of alkyl halides is 2. The van der Waals surface area contributed by atoms with Crippen molar-refractivity contribution in [2.24, 2.45) is 0 Å². The van der Waals surface area contributed by atoms with E-state index in [0.29, 0.717) is 19.8 Å². The second kappa shape index (κ2) is 5.82. The number of piperidine rings is 1. The van der Waals surface area contributed by atoms with Crippen LogP contribution in [-0.2, 0) is 20.1 Å². The number of hydrogen-bond donors (Lipinski definition) is 1. The zero-order chi connectivity index (χ0) is 15.8. The summed E-state index contributed by atoms with van der Waals surface area (Å²) in [6, 6.07) is 0. The highest BCUT2D eigenvalue weighted by Gasteiger charge is 2.54. The summed E-state index contributed by atoms with van der Waals surface area (Å²) in [6.45, 7) is 1.68. The van der Waals surface area contributed by atoms with Gasteiger partial charge < -0.3 is 0 Å². The molecule has 1 aliphatic heterocycles. The summed E-state index contributed by atoms with van der Waals surface area (Å²) in [4.78, 5) is 0. The van der Waals surface area contributed by atoms with E-state index in [1.54, 1.807) is 0 Å². The summed E-state index contributed by atoms with van der Waals surface area (Å²) in [5.74, 6) is -4.08. The lowest BCUT2D eigenvalue weighted by Gasteiger charge is -2.33. The van der Waals surface area contributed by atoms with Gasteiger partial charge in [-0.2, -0.15) is 8.42 Å². The number of nitrogens with zero attached hydrogens (tertiary/aromatic N) is 1. The summed E-state index contributed by atoms with van der Waals surface area (Å²) in [5, 5.41) is -4.70. The molecule has 0 amide bonds. The van der Waals surface area contributed by atoms with Crippen LogP contribution in [0.5, 0.6) is 0 Å². The Balaban J connectivity index is 3.05. The van der Waals surface area contributed by atoms with Crippen LogP contribution < -0.4 is 0 Å². The van der Waals surface area contributed by atoms with Gasteiger partial charge in [-0.25, -0.2) is 21.5 Å².